The van der Waals surface area contributed by atoms with E-state index < -0.39 is 94.2 Å². The number of hydrogen-bond donors (Lipinski definition) is 1. The molecule has 5 nitrogen and oxygen atoms in total. The molecule has 0 fully saturated rings. The van der Waals surface area contributed by atoms with Crippen LogP contribution in [0.5, 0.6) is 0 Å². The number of hydrogen-bond acceptors (Lipinski definition) is 4. The Kier molecular flexibility index (Phi) is 9.94. The highest BCUT2D eigenvalue weighted by Gasteiger charge is 2.96. The molecule has 0 atom stereocenters. The van der Waals surface area contributed by atoms with E-state index >= 15 is 0 Å². The Morgan fingerprint density at radius 1 is 0.622 bits per heavy atom. The number of aliphatic hydroxyl groups is 1. The van der Waals surface area contributed by atoms with Gasteiger partial charge in [0.15, 0.2) is 0 Å². The van der Waals surface area contributed by atoms with Gasteiger partial charge in [-0.2, -0.15) is 78.9 Å². The summed E-state index contributed by atoms with van der Waals surface area (Å²) in [6.07, 6.45) is -7.89. The van der Waals surface area contributed by atoms with Crippen molar-refractivity contribution in [2.75, 3.05) is 32.9 Å². The molecule has 0 spiro atoms. The van der Waals surface area contributed by atoms with Gasteiger partial charge in [0.05, 0.1) is 19.8 Å². The summed E-state index contributed by atoms with van der Waals surface area (Å²) in [7, 11) is -7.34. The maximum atomic E-state index is 14.1. The minimum Gasteiger partial charge on any atom is -0.394 e. The summed E-state index contributed by atoms with van der Waals surface area (Å²) in [6, 6.07) is 0. The Morgan fingerprint density at radius 2 is 0.973 bits per heavy atom. The summed E-state index contributed by atoms with van der Waals surface area (Å²) in [6.45, 7) is -4.74. The molecule has 0 radical (unpaired) electrons. The van der Waals surface area contributed by atoms with Gasteiger partial charge in [0.2, 0.25) is 0 Å². The van der Waals surface area contributed by atoms with Crippen LogP contribution in [0.4, 0.5) is 74.6 Å². The van der Waals surface area contributed by atoms with Gasteiger partial charge in [0, 0.05) is 13.1 Å². The summed E-state index contributed by atoms with van der Waals surface area (Å²) in [5.41, 5.74) is 0. The predicted octanol–water partition coefficient (Wildman–Crippen LogP) is 4.61. The molecule has 224 valence electrons. The number of likely N-dealkylation sites (N-methyl/N-ethyl adjacent to an activating group) is 1. The van der Waals surface area contributed by atoms with Crippen LogP contribution in [0.25, 0.3) is 0 Å². The summed E-state index contributed by atoms with van der Waals surface area (Å²) in [4.78, 5) is 0. The van der Waals surface area contributed by atoms with Gasteiger partial charge in [-0.15, -0.1) is 0 Å². The van der Waals surface area contributed by atoms with E-state index in [4.69, 9.17) is 5.11 Å². The Labute approximate surface area is 195 Å². The lowest BCUT2D eigenvalue weighted by Crippen LogP contribution is -2.75. The Bertz CT molecular complexity index is 887. The summed E-state index contributed by atoms with van der Waals surface area (Å²) in [5.74, 6) is -51.8. The molecule has 0 aromatic rings. The van der Waals surface area contributed by atoms with Crippen molar-refractivity contribution in [3.05, 3.63) is 0 Å². The van der Waals surface area contributed by atoms with Gasteiger partial charge in [0.1, 0.15) is 0 Å². The number of sulfonamides is 1. The van der Waals surface area contributed by atoms with Crippen LogP contribution in [-0.2, 0) is 14.8 Å². The lowest BCUT2D eigenvalue weighted by molar-refractivity contribution is -0.458. The molecule has 0 amide bonds. The normalized spacial score (nSPS) is 16.0. The first kappa shape index (κ1) is 35.6. The average molecular weight is 615 g/mol. The third-order valence-corrected chi connectivity index (χ3v) is 6.46. The minimum absolute atomic E-state index is 0.554. The zero-order valence-electron chi connectivity index (χ0n) is 17.5. The van der Waals surface area contributed by atoms with Crippen molar-refractivity contribution in [3.8, 4) is 0 Å². The fraction of sp³-hybridized carbons (Fsp3) is 1.00. The van der Waals surface area contributed by atoms with Crippen molar-refractivity contribution in [2.45, 2.75) is 53.9 Å². The molecule has 0 saturated heterocycles. The molecule has 0 aliphatic heterocycles. The van der Waals surface area contributed by atoms with E-state index in [1.807, 2.05) is 0 Å². The quantitative estimate of drug-likeness (QED) is 0.229. The van der Waals surface area contributed by atoms with Crippen LogP contribution in [0.2, 0.25) is 0 Å². The first-order valence-corrected chi connectivity index (χ1v) is 10.4. The van der Waals surface area contributed by atoms with Crippen LogP contribution in [0.1, 0.15) is 6.92 Å². The monoisotopic (exact) mass is 615 g/mol. The molecular weight excluding hydrogens is 601 g/mol. The smallest absolute Gasteiger partial charge is 0.394 e. The minimum atomic E-state index is -8.87. The molecule has 0 aliphatic carbocycles. The second-order valence-electron chi connectivity index (χ2n) is 6.79. The second-order valence-corrected chi connectivity index (χ2v) is 8.77. The van der Waals surface area contributed by atoms with E-state index in [1.54, 1.807) is 0 Å². The Balaban J connectivity index is 6.80. The third-order valence-electron chi connectivity index (χ3n) is 4.43. The fourth-order valence-corrected chi connectivity index (χ4v) is 3.69. The summed E-state index contributed by atoms with van der Waals surface area (Å²) >= 11 is 0. The molecule has 0 saturated carbocycles. The zero-order chi connectivity index (χ0) is 30.3. The SMILES string of the molecule is CCN(CCOCCO)S(=O)(=O)C(F)(F)C(F)(F)C(F)(F)C(F)(F)C(F)(F)C(F)(F)C(F)(F)C(F)(F)F. The van der Waals surface area contributed by atoms with Gasteiger partial charge in [-0.3, -0.25) is 0 Å². The van der Waals surface area contributed by atoms with Crippen molar-refractivity contribution < 1.29 is 92.9 Å². The van der Waals surface area contributed by atoms with Gasteiger partial charge in [0.25, 0.3) is 10.0 Å². The Hall–Kier alpha value is -1.36. The molecule has 1 N–H and O–H groups in total. The fourth-order valence-electron chi connectivity index (χ4n) is 2.25. The van der Waals surface area contributed by atoms with E-state index in [0.29, 0.717) is 6.92 Å². The van der Waals surface area contributed by atoms with Gasteiger partial charge in [-0.05, 0) is 0 Å². The topological polar surface area (TPSA) is 66.8 Å². The van der Waals surface area contributed by atoms with Gasteiger partial charge < -0.3 is 9.84 Å². The highest BCUT2D eigenvalue weighted by Crippen LogP contribution is 2.64. The molecule has 0 rings (SSSR count). The van der Waals surface area contributed by atoms with Crippen molar-refractivity contribution in [1.82, 2.24) is 4.31 Å². The molecule has 0 aromatic carbocycles. The van der Waals surface area contributed by atoms with Crippen LogP contribution >= 0.6 is 0 Å². The molecule has 0 aromatic heterocycles. The Morgan fingerprint density at radius 3 is 1.30 bits per heavy atom. The van der Waals surface area contributed by atoms with Crippen molar-refractivity contribution in [3.63, 3.8) is 0 Å². The number of rotatable bonds is 14. The highest BCUT2D eigenvalue weighted by molar-refractivity contribution is 7.90. The zero-order valence-corrected chi connectivity index (χ0v) is 18.3. The van der Waals surface area contributed by atoms with Crippen LogP contribution in [0, 0.1) is 0 Å². The number of nitrogens with zero attached hydrogens (tertiary/aromatic N) is 1. The lowest BCUT2D eigenvalue weighted by Gasteiger charge is -2.43. The van der Waals surface area contributed by atoms with Crippen LogP contribution in [0.3, 0.4) is 0 Å². The molecule has 0 bridgehead atoms. The number of halogens is 17. The van der Waals surface area contributed by atoms with Crippen molar-refractivity contribution in [2.24, 2.45) is 0 Å². The van der Waals surface area contributed by atoms with Gasteiger partial charge in [-0.25, -0.2) is 8.42 Å². The molecular formula is C14H14F17NO4S. The first-order valence-electron chi connectivity index (χ1n) is 8.92. The number of aliphatic hydroxyl groups excluding tert-OH is 1. The van der Waals surface area contributed by atoms with E-state index in [0.717, 1.165) is 0 Å². The molecule has 0 aliphatic rings. The summed E-state index contributed by atoms with van der Waals surface area (Å²) in [5, 5.41) is 0.814. The van der Waals surface area contributed by atoms with Crippen LogP contribution in [0.15, 0.2) is 0 Å². The standard InChI is InChI=1S/C14H14F17NO4S/c1-2-32(3-5-36-6-4-33)37(34,35)14(30,31)12(25,26)10(21,22)8(17,18)7(15,16)9(19,20)11(23,24)13(27,28)29/h33H,2-6H2,1H3. The predicted molar refractivity (Wildman–Crippen MR) is 84.8 cm³/mol. The molecule has 0 heterocycles. The highest BCUT2D eigenvalue weighted by atomic mass is 32.2. The van der Waals surface area contributed by atoms with Gasteiger partial charge >= 0.3 is 47.0 Å². The second kappa shape index (κ2) is 10.3. The molecule has 0 unspecified atom stereocenters. The first-order chi connectivity index (χ1) is 16.0. The van der Waals surface area contributed by atoms with Crippen LogP contribution < -0.4 is 0 Å². The third kappa shape index (κ3) is 5.15. The van der Waals surface area contributed by atoms with Crippen molar-refractivity contribution in [1.29, 1.82) is 0 Å². The average Bonchev–Trinajstić information content (AvgIpc) is 2.71. The lowest BCUT2D eigenvalue weighted by atomic mass is 9.91. The van der Waals surface area contributed by atoms with Crippen molar-refractivity contribution >= 4 is 10.0 Å². The largest absolute Gasteiger partial charge is 0.460 e. The van der Waals surface area contributed by atoms with E-state index in [2.05, 4.69) is 4.74 Å². The van der Waals surface area contributed by atoms with Crippen LogP contribution in [-0.4, -0.2) is 97.7 Å². The van der Waals surface area contributed by atoms with E-state index in [1.165, 1.54) is 0 Å². The molecule has 37 heavy (non-hydrogen) atoms. The maximum absolute atomic E-state index is 14.1. The number of alkyl halides is 17. The van der Waals surface area contributed by atoms with E-state index in [-0.39, 0.29) is 0 Å². The van der Waals surface area contributed by atoms with Gasteiger partial charge in [-0.1, -0.05) is 6.92 Å². The number of ether oxygens (including phenoxy) is 1. The van der Waals surface area contributed by atoms with E-state index in [9.17, 15) is 83.1 Å². The maximum Gasteiger partial charge on any atom is 0.460 e. The molecule has 23 heteroatoms. The summed E-state index contributed by atoms with van der Waals surface area (Å²) < 4.78 is 253.